The van der Waals surface area contributed by atoms with Crippen LogP contribution in [0.1, 0.15) is 16.4 Å². The van der Waals surface area contributed by atoms with Crippen LogP contribution in [0.4, 0.5) is 0 Å². The molecule has 5 heteroatoms. The van der Waals surface area contributed by atoms with Gasteiger partial charge in [0, 0.05) is 47.6 Å². The first-order chi connectivity index (χ1) is 30.7. The smallest absolute Gasteiger partial charge is 0.164 e. The summed E-state index contributed by atoms with van der Waals surface area (Å²) in [6, 6.07) is 23.0. The number of furan rings is 1. The second kappa shape index (κ2) is 11.4. The van der Waals surface area contributed by atoms with E-state index in [-0.39, 0.29) is 88.4 Å². The van der Waals surface area contributed by atoms with E-state index in [4.69, 9.17) is 31.7 Å². The van der Waals surface area contributed by atoms with Crippen LogP contribution in [-0.2, 0) is 0 Å². The summed E-state index contributed by atoms with van der Waals surface area (Å²) in [6.45, 7) is 0. The van der Waals surface area contributed by atoms with Gasteiger partial charge >= 0.3 is 0 Å². The fourth-order valence-electron chi connectivity index (χ4n) is 6.74. The molecule has 11 rings (SSSR count). The summed E-state index contributed by atoms with van der Waals surface area (Å²) in [7, 11) is 0. The third kappa shape index (κ3) is 4.64. The van der Waals surface area contributed by atoms with E-state index >= 15 is 0 Å². The Morgan fingerprint density at radius 1 is 0.481 bits per heavy atom. The van der Waals surface area contributed by atoms with Crippen molar-refractivity contribution in [1.29, 1.82) is 0 Å². The molecule has 8 aromatic carbocycles. The number of para-hydroxylation sites is 1. The molecule has 0 saturated heterocycles. The van der Waals surface area contributed by atoms with E-state index in [1.54, 1.807) is 0 Å². The summed E-state index contributed by atoms with van der Waals surface area (Å²) in [5.74, 6) is 0.403. The average Bonchev–Trinajstić information content (AvgIpc) is 3.89. The Labute approximate surface area is 319 Å². The highest BCUT2D eigenvalue weighted by atomic mass is 32.1. The van der Waals surface area contributed by atoms with Gasteiger partial charge < -0.3 is 4.42 Å². The zero-order chi connectivity index (χ0) is 44.6. The minimum Gasteiger partial charge on any atom is -0.456 e. The number of fused-ring (bicyclic) bond motifs is 8. The lowest BCUT2D eigenvalue weighted by molar-refractivity contribution is 0.669. The highest BCUT2D eigenvalue weighted by molar-refractivity contribution is 7.26. The Morgan fingerprint density at radius 3 is 1.88 bits per heavy atom. The molecule has 0 unspecified atom stereocenters. The summed E-state index contributed by atoms with van der Waals surface area (Å²) >= 11 is 0.869. The molecule has 3 heterocycles. The normalized spacial score (nSPS) is 15.1. The van der Waals surface area contributed by atoms with Crippen molar-refractivity contribution in [3.8, 4) is 45.3 Å². The van der Waals surface area contributed by atoms with Crippen LogP contribution in [0.25, 0.3) is 109 Å². The van der Waals surface area contributed by atoms with Crippen molar-refractivity contribution in [2.75, 3.05) is 0 Å². The second-order valence-electron chi connectivity index (χ2n) is 12.3. The van der Waals surface area contributed by atoms with Gasteiger partial charge in [0.15, 0.2) is 17.5 Å². The summed E-state index contributed by atoms with van der Waals surface area (Å²) in [4.78, 5) is 15.0. The van der Waals surface area contributed by atoms with E-state index in [1.807, 2.05) is 84.9 Å². The summed E-state index contributed by atoms with van der Waals surface area (Å²) in [5.41, 5.74) is 0.497. The largest absolute Gasteiger partial charge is 0.456 e. The van der Waals surface area contributed by atoms with E-state index in [0.29, 0.717) is 11.1 Å². The van der Waals surface area contributed by atoms with Gasteiger partial charge in [-0.2, -0.15) is 0 Å². The molecule has 11 aromatic rings. The van der Waals surface area contributed by atoms with Gasteiger partial charge in [0.1, 0.15) is 11.2 Å². The van der Waals surface area contributed by atoms with Crippen LogP contribution in [0, 0.1) is 0 Å². The van der Waals surface area contributed by atoms with Crippen molar-refractivity contribution < 1.29 is 20.9 Å². The second-order valence-corrected chi connectivity index (χ2v) is 13.3. The fourth-order valence-corrected chi connectivity index (χ4v) is 7.82. The molecular weight excluding hydrogens is 655 g/mol. The number of rotatable bonds is 4. The number of benzene rings is 8. The van der Waals surface area contributed by atoms with Crippen LogP contribution in [0.5, 0.6) is 0 Å². The van der Waals surface area contributed by atoms with E-state index in [0.717, 1.165) is 32.9 Å². The first kappa shape index (κ1) is 19.6. The number of aromatic nitrogens is 3. The number of hydrogen-bond donors (Lipinski definition) is 0. The molecule has 242 valence electrons. The topological polar surface area (TPSA) is 51.8 Å². The predicted molar refractivity (Wildman–Crippen MR) is 217 cm³/mol. The van der Waals surface area contributed by atoms with Gasteiger partial charge in [-0.1, -0.05) is 127 Å². The third-order valence-electron chi connectivity index (χ3n) is 9.21. The van der Waals surface area contributed by atoms with Crippen LogP contribution < -0.4 is 0 Å². The molecule has 3 aromatic heterocycles. The molecule has 4 nitrogen and oxygen atoms in total. The van der Waals surface area contributed by atoms with Gasteiger partial charge in [-0.05, 0) is 69.0 Å². The van der Waals surface area contributed by atoms with E-state index < -0.39 is 60.4 Å². The fraction of sp³-hybridized carbons (Fsp3) is 0. The van der Waals surface area contributed by atoms with Crippen LogP contribution in [-0.4, -0.2) is 15.0 Å². The molecule has 0 fully saturated rings. The quantitative estimate of drug-likeness (QED) is 0.184. The van der Waals surface area contributed by atoms with Gasteiger partial charge in [0.05, 0.1) is 16.4 Å². The number of hydrogen-bond acceptors (Lipinski definition) is 5. The highest BCUT2D eigenvalue weighted by Crippen LogP contribution is 2.44. The number of thiophene rings is 1. The molecule has 0 N–H and O–H groups in total. The van der Waals surface area contributed by atoms with Crippen LogP contribution in [0.3, 0.4) is 0 Å². The molecule has 0 atom stereocenters. The lowest BCUT2D eigenvalue weighted by Gasteiger charge is -2.12. The number of nitrogens with zero attached hydrogens (tertiary/aromatic N) is 3. The maximum absolute atomic E-state index is 10.1. The van der Waals surface area contributed by atoms with Gasteiger partial charge in [0.2, 0.25) is 0 Å². The summed E-state index contributed by atoms with van der Waals surface area (Å²) in [5, 5.41) is 3.99. The molecule has 0 bridgehead atoms. The molecule has 0 radical (unpaired) electrons. The standard InChI is InChI=1S/C47H27N3OS/c1-3-12-30-24-32(22-20-28(30)10-1)45-48-46(33-23-21-29-11-2-4-13-31(29)25-33)50-47(49-45)39-26-34(27-41-43(39)38-15-5-7-18-40(38)51-41)35-16-9-17-37-36-14-6-8-19-42(36)52-44(35)37/h1-27H/i5D,6D,7D,8D,9D,14D,16D,17D,18D,19D,26D,27D. The van der Waals surface area contributed by atoms with Crippen LogP contribution >= 0.6 is 11.3 Å². The van der Waals surface area contributed by atoms with Crippen molar-refractivity contribution in [1.82, 2.24) is 15.0 Å². The Hall–Kier alpha value is -6.69. The van der Waals surface area contributed by atoms with Crippen molar-refractivity contribution in [3.63, 3.8) is 0 Å². The Bertz CT molecular complexity index is 3810. The first-order valence-electron chi connectivity index (χ1n) is 22.4. The summed E-state index contributed by atoms with van der Waals surface area (Å²) in [6.07, 6.45) is 0. The van der Waals surface area contributed by atoms with Crippen molar-refractivity contribution in [2.45, 2.75) is 0 Å². The molecule has 0 spiro atoms. The van der Waals surface area contributed by atoms with E-state index in [1.165, 1.54) is 6.07 Å². The minimum absolute atomic E-state index is 0.0174. The van der Waals surface area contributed by atoms with E-state index in [2.05, 4.69) is 0 Å². The molecule has 0 aliphatic heterocycles. The molecular formula is C47H27N3OS. The van der Waals surface area contributed by atoms with Crippen molar-refractivity contribution in [3.05, 3.63) is 164 Å². The monoisotopic (exact) mass is 693 g/mol. The lowest BCUT2D eigenvalue weighted by Crippen LogP contribution is -2.01. The van der Waals surface area contributed by atoms with Crippen molar-refractivity contribution in [2.24, 2.45) is 0 Å². The third-order valence-corrected chi connectivity index (χ3v) is 10.3. The maximum Gasteiger partial charge on any atom is 0.164 e. The van der Waals surface area contributed by atoms with E-state index in [9.17, 15) is 4.11 Å². The maximum atomic E-state index is 10.1. The molecule has 52 heavy (non-hydrogen) atoms. The van der Waals surface area contributed by atoms with Crippen LogP contribution in [0.2, 0.25) is 0 Å². The van der Waals surface area contributed by atoms with Gasteiger partial charge in [-0.3, -0.25) is 0 Å². The van der Waals surface area contributed by atoms with Gasteiger partial charge in [-0.15, -0.1) is 11.3 Å². The minimum atomic E-state index is -0.594. The Kier molecular flexibility index (Phi) is 4.31. The molecule has 0 aliphatic rings. The molecule has 0 saturated carbocycles. The Balaban J connectivity index is 1.31. The van der Waals surface area contributed by atoms with Gasteiger partial charge in [-0.25, -0.2) is 15.0 Å². The Morgan fingerprint density at radius 2 is 1.13 bits per heavy atom. The van der Waals surface area contributed by atoms with Crippen LogP contribution in [0.15, 0.2) is 168 Å². The predicted octanol–water partition coefficient (Wildman–Crippen LogP) is 13.1. The first-order valence-corrected chi connectivity index (χ1v) is 17.2. The highest BCUT2D eigenvalue weighted by Gasteiger charge is 2.21. The van der Waals surface area contributed by atoms with Gasteiger partial charge in [0.25, 0.3) is 0 Å². The summed E-state index contributed by atoms with van der Waals surface area (Å²) < 4.78 is 114. The zero-order valence-electron chi connectivity index (χ0n) is 38.8. The zero-order valence-corrected chi connectivity index (χ0v) is 27.6. The lowest BCUT2D eigenvalue weighted by atomic mass is 9.97. The molecule has 0 aliphatic carbocycles. The SMILES string of the molecule is [2H]c1cc2c(oc3c([2H])c(-c4c([2H])c([2H])c([2H])c5c4sc4c([2H])c([2H])c([2H])c([2H])c45)c([2H])c(-c4nc(-c5ccc6ccccc6c5)nc(-c5ccc6ccccc6c5)n4)c32)c([2H])c1[2H]. The molecule has 0 amide bonds. The van der Waals surface area contributed by atoms with Crippen molar-refractivity contribution >= 4 is 75.0 Å². The average molecular weight is 694 g/mol.